The minimum absolute atomic E-state index is 0.00450. The number of hydrogen-bond acceptors (Lipinski definition) is 3. The molecule has 1 aromatic rings. The van der Waals surface area contributed by atoms with Crippen molar-refractivity contribution < 1.29 is 9.90 Å². The first-order valence-electron chi connectivity index (χ1n) is 5.13. The predicted octanol–water partition coefficient (Wildman–Crippen LogP) is 0.0415. The van der Waals surface area contributed by atoms with E-state index in [4.69, 9.17) is 5.11 Å². The zero-order chi connectivity index (χ0) is 12.1. The molecule has 1 heterocycles. The summed E-state index contributed by atoms with van der Waals surface area (Å²) in [6.45, 7) is 3.91. The van der Waals surface area contributed by atoms with Crippen LogP contribution < -0.4 is 10.9 Å². The Hall–Kier alpha value is -1.62. The molecule has 0 aliphatic heterocycles. The first-order valence-corrected chi connectivity index (χ1v) is 5.13. The molecule has 1 amide bonds. The van der Waals surface area contributed by atoms with Crippen LogP contribution in [0.25, 0.3) is 0 Å². The standard InChI is InChI=1S/C11H16N2O3/c1-7(6-14)5-12-10(15)9-4-3-8(2)13-11(9)16/h3-4,7,14H,5-6H2,1-2H3,(H,12,15)(H,13,16). The van der Waals surface area contributed by atoms with Gasteiger partial charge in [-0.2, -0.15) is 0 Å². The summed E-state index contributed by atoms with van der Waals surface area (Å²) < 4.78 is 0. The lowest BCUT2D eigenvalue weighted by Gasteiger charge is -2.09. The van der Waals surface area contributed by atoms with Gasteiger partial charge in [0, 0.05) is 18.8 Å². The summed E-state index contributed by atoms with van der Waals surface area (Å²) in [6, 6.07) is 3.17. The highest BCUT2D eigenvalue weighted by Crippen LogP contribution is 1.95. The number of aliphatic hydroxyl groups is 1. The Balaban J connectivity index is 2.70. The molecular formula is C11H16N2O3. The second kappa shape index (κ2) is 5.46. The molecule has 0 aliphatic carbocycles. The topological polar surface area (TPSA) is 82.2 Å². The van der Waals surface area contributed by atoms with Gasteiger partial charge in [0.2, 0.25) is 0 Å². The number of H-pyrrole nitrogens is 1. The summed E-state index contributed by atoms with van der Waals surface area (Å²) in [5.41, 5.74) is 0.412. The average Bonchev–Trinajstić information content (AvgIpc) is 2.25. The Morgan fingerprint density at radius 3 is 2.81 bits per heavy atom. The van der Waals surface area contributed by atoms with Crippen LogP contribution in [-0.2, 0) is 0 Å². The largest absolute Gasteiger partial charge is 0.396 e. The van der Waals surface area contributed by atoms with E-state index in [1.54, 1.807) is 19.9 Å². The van der Waals surface area contributed by atoms with E-state index in [0.717, 1.165) is 0 Å². The Labute approximate surface area is 93.5 Å². The normalized spacial score (nSPS) is 12.2. The predicted molar refractivity (Wildman–Crippen MR) is 60.4 cm³/mol. The van der Waals surface area contributed by atoms with E-state index in [-0.39, 0.29) is 18.1 Å². The molecule has 0 saturated carbocycles. The van der Waals surface area contributed by atoms with Crippen molar-refractivity contribution in [2.75, 3.05) is 13.2 Å². The van der Waals surface area contributed by atoms with Crippen LogP contribution in [0.2, 0.25) is 0 Å². The fraction of sp³-hybridized carbons (Fsp3) is 0.455. The molecule has 1 atom stereocenters. The van der Waals surface area contributed by atoms with Crippen LogP contribution >= 0.6 is 0 Å². The fourth-order valence-corrected chi connectivity index (χ4v) is 1.18. The van der Waals surface area contributed by atoms with Gasteiger partial charge in [-0.05, 0) is 25.0 Å². The Kier molecular flexibility index (Phi) is 4.25. The zero-order valence-corrected chi connectivity index (χ0v) is 9.41. The third-order valence-corrected chi connectivity index (χ3v) is 2.22. The first kappa shape index (κ1) is 12.4. The Bertz CT molecular complexity index is 425. The highest BCUT2D eigenvalue weighted by molar-refractivity contribution is 5.93. The molecule has 0 aliphatic rings. The molecule has 0 saturated heterocycles. The van der Waals surface area contributed by atoms with Crippen LogP contribution in [-0.4, -0.2) is 29.1 Å². The highest BCUT2D eigenvalue weighted by Gasteiger charge is 2.10. The second-order valence-electron chi connectivity index (χ2n) is 3.88. The van der Waals surface area contributed by atoms with Gasteiger partial charge >= 0.3 is 0 Å². The summed E-state index contributed by atoms with van der Waals surface area (Å²) in [5.74, 6) is -0.435. The van der Waals surface area contributed by atoms with Crippen molar-refractivity contribution in [2.45, 2.75) is 13.8 Å². The van der Waals surface area contributed by atoms with Crippen molar-refractivity contribution in [1.82, 2.24) is 10.3 Å². The number of aromatic nitrogens is 1. The summed E-state index contributed by atoms with van der Waals surface area (Å²) in [6.07, 6.45) is 0. The van der Waals surface area contributed by atoms with Crippen molar-refractivity contribution in [2.24, 2.45) is 5.92 Å². The molecule has 1 unspecified atom stereocenters. The Morgan fingerprint density at radius 1 is 1.56 bits per heavy atom. The highest BCUT2D eigenvalue weighted by atomic mass is 16.3. The van der Waals surface area contributed by atoms with Gasteiger partial charge in [0.05, 0.1) is 0 Å². The molecule has 0 fully saturated rings. The van der Waals surface area contributed by atoms with Gasteiger partial charge in [0.15, 0.2) is 0 Å². The van der Waals surface area contributed by atoms with Crippen molar-refractivity contribution in [3.05, 3.63) is 33.7 Å². The maximum absolute atomic E-state index is 11.6. The second-order valence-corrected chi connectivity index (χ2v) is 3.88. The maximum atomic E-state index is 11.6. The van der Waals surface area contributed by atoms with Crippen LogP contribution in [0.15, 0.2) is 16.9 Å². The van der Waals surface area contributed by atoms with Crippen LogP contribution in [0, 0.1) is 12.8 Å². The van der Waals surface area contributed by atoms with E-state index in [9.17, 15) is 9.59 Å². The van der Waals surface area contributed by atoms with Gasteiger partial charge in [0.25, 0.3) is 11.5 Å². The molecule has 3 N–H and O–H groups in total. The van der Waals surface area contributed by atoms with E-state index < -0.39 is 11.5 Å². The Morgan fingerprint density at radius 2 is 2.25 bits per heavy atom. The summed E-state index contributed by atoms with van der Waals surface area (Å²) in [4.78, 5) is 25.6. The van der Waals surface area contributed by atoms with E-state index in [2.05, 4.69) is 10.3 Å². The summed E-state index contributed by atoms with van der Waals surface area (Å²) in [5, 5.41) is 11.4. The van der Waals surface area contributed by atoms with Gasteiger partial charge in [-0.15, -0.1) is 0 Å². The smallest absolute Gasteiger partial charge is 0.260 e. The van der Waals surface area contributed by atoms with Crippen molar-refractivity contribution in [1.29, 1.82) is 0 Å². The van der Waals surface area contributed by atoms with Gasteiger partial charge in [-0.1, -0.05) is 6.92 Å². The lowest BCUT2D eigenvalue weighted by Crippen LogP contribution is -2.33. The van der Waals surface area contributed by atoms with Crippen LogP contribution in [0.1, 0.15) is 23.0 Å². The molecule has 88 valence electrons. The fourth-order valence-electron chi connectivity index (χ4n) is 1.18. The van der Waals surface area contributed by atoms with Crippen LogP contribution in [0.4, 0.5) is 0 Å². The molecule has 5 nitrogen and oxygen atoms in total. The molecule has 1 rings (SSSR count). The average molecular weight is 224 g/mol. The molecular weight excluding hydrogens is 208 g/mol. The summed E-state index contributed by atoms with van der Waals surface area (Å²) >= 11 is 0. The molecule has 0 spiro atoms. The molecule has 16 heavy (non-hydrogen) atoms. The van der Waals surface area contributed by atoms with Gasteiger partial charge in [-0.25, -0.2) is 0 Å². The minimum atomic E-state index is -0.415. The number of carbonyl (C=O) groups excluding carboxylic acids is 1. The van der Waals surface area contributed by atoms with Gasteiger partial charge in [-0.3, -0.25) is 9.59 Å². The van der Waals surface area contributed by atoms with Gasteiger partial charge < -0.3 is 15.4 Å². The van der Waals surface area contributed by atoms with Crippen LogP contribution in [0.3, 0.4) is 0 Å². The number of rotatable bonds is 4. The number of pyridine rings is 1. The third-order valence-electron chi connectivity index (χ3n) is 2.22. The summed E-state index contributed by atoms with van der Waals surface area (Å²) in [7, 11) is 0. The number of carbonyl (C=O) groups is 1. The van der Waals surface area contributed by atoms with Crippen molar-refractivity contribution in [3.8, 4) is 0 Å². The molecule has 0 bridgehead atoms. The van der Waals surface area contributed by atoms with Crippen molar-refractivity contribution >= 4 is 5.91 Å². The molecule has 0 aromatic carbocycles. The molecule has 0 radical (unpaired) electrons. The number of aryl methyl sites for hydroxylation is 1. The van der Waals surface area contributed by atoms with E-state index in [1.165, 1.54) is 6.07 Å². The third kappa shape index (κ3) is 3.20. The number of hydrogen-bond donors (Lipinski definition) is 3. The number of amides is 1. The zero-order valence-electron chi connectivity index (χ0n) is 9.41. The SMILES string of the molecule is Cc1ccc(C(=O)NCC(C)CO)c(=O)[nH]1. The lowest BCUT2D eigenvalue weighted by molar-refractivity contribution is 0.0941. The number of aliphatic hydroxyl groups excluding tert-OH is 1. The van der Waals surface area contributed by atoms with E-state index in [1.807, 2.05) is 0 Å². The monoisotopic (exact) mass is 224 g/mol. The maximum Gasteiger partial charge on any atom is 0.260 e. The van der Waals surface area contributed by atoms with Crippen LogP contribution in [0.5, 0.6) is 0 Å². The van der Waals surface area contributed by atoms with E-state index in [0.29, 0.717) is 12.2 Å². The first-order chi connectivity index (χ1) is 7.54. The number of aromatic amines is 1. The minimum Gasteiger partial charge on any atom is -0.396 e. The quantitative estimate of drug-likeness (QED) is 0.675. The molecule has 5 heteroatoms. The number of nitrogens with one attached hydrogen (secondary N) is 2. The van der Waals surface area contributed by atoms with Gasteiger partial charge in [0.1, 0.15) is 5.56 Å². The van der Waals surface area contributed by atoms with Crippen molar-refractivity contribution in [3.63, 3.8) is 0 Å². The van der Waals surface area contributed by atoms with E-state index >= 15 is 0 Å². The molecule has 1 aromatic heterocycles. The lowest BCUT2D eigenvalue weighted by atomic mass is 10.2.